The minimum atomic E-state index is 0.00922. The van der Waals surface area contributed by atoms with Gasteiger partial charge in [0.25, 0.3) is 0 Å². The molecule has 3 nitrogen and oxygen atoms in total. The van der Waals surface area contributed by atoms with Crippen LogP contribution in [0.15, 0.2) is 54.6 Å². The number of rotatable bonds is 6. The van der Waals surface area contributed by atoms with Crippen molar-refractivity contribution >= 4 is 17.7 Å². The van der Waals surface area contributed by atoms with E-state index in [4.69, 9.17) is 4.74 Å². The summed E-state index contributed by atoms with van der Waals surface area (Å²) in [7, 11) is 1.63. The van der Waals surface area contributed by atoms with E-state index in [1.54, 1.807) is 18.9 Å². The van der Waals surface area contributed by atoms with Gasteiger partial charge < -0.3 is 10.1 Å². The lowest BCUT2D eigenvalue weighted by Crippen LogP contribution is -2.25. The van der Waals surface area contributed by atoms with Gasteiger partial charge in [-0.3, -0.25) is 4.79 Å². The summed E-state index contributed by atoms with van der Waals surface area (Å²) < 4.78 is 5.09. The molecule has 0 fully saturated rings. The summed E-state index contributed by atoms with van der Waals surface area (Å²) in [4.78, 5) is 11.7. The van der Waals surface area contributed by atoms with E-state index < -0.39 is 0 Å². The van der Waals surface area contributed by atoms with E-state index in [0.29, 0.717) is 12.3 Å². The van der Waals surface area contributed by atoms with E-state index in [2.05, 4.69) is 29.3 Å². The van der Waals surface area contributed by atoms with Crippen LogP contribution in [0.5, 0.6) is 5.75 Å². The second-order valence-electron chi connectivity index (χ2n) is 4.79. The average molecular weight is 325 g/mol. The number of hydrogen-bond donors (Lipinski definition) is 1. The number of carbonyl (C=O) groups excluding carboxylic acids is 1. The maximum Gasteiger partial charge on any atom is 0.230 e. The van der Waals surface area contributed by atoms with E-state index in [1.165, 1.54) is 5.56 Å². The van der Waals surface area contributed by atoms with E-state index in [9.17, 15) is 4.79 Å². The standard InChI is InChI=1S/C19H19NO2S/c1-22-18-11-9-16(10-12-18)8-5-13-20-19(21)15-23-14-17-6-3-2-4-7-17/h2-4,6-7,9-12H,13-15H2,1H3,(H,20,21). The van der Waals surface area contributed by atoms with Gasteiger partial charge in [0.05, 0.1) is 19.4 Å². The maximum atomic E-state index is 11.7. The molecule has 0 radical (unpaired) electrons. The van der Waals surface area contributed by atoms with Crippen LogP contribution in [-0.2, 0) is 10.5 Å². The molecule has 2 aromatic carbocycles. The van der Waals surface area contributed by atoms with E-state index >= 15 is 0 Å². The fourth-order valence-electron chi connectivity index (χ4n) is 1.85. The van der Waals surface area contributed by atoms with Crippen molar-refractivity contribution < 1.29 is 9.53 Å². The molecule has 0 unspecified atom stereocenters. The third kappa shape index (κ3) is 6.50. The van der Waals surface area contributed by atoms with Crippen molar-refractivity contribution in [2.24, 2.45) is 0 Å². The fourth-order valence-corrected chi connectivity index (χ4v) is 2.67. The Balaban J connectivity index is 1.65. The highest BCUT2D eigenvalue weighted by Crippen LogP contribution is 2.11. The maximum absolute atomic E-state index is 11.7. The Bertz CT molecular complexity index is 672. The molecule has 0 aliphatic carbocycles. The zero-order valence-corrected chi connectivity index (χ0v) is 13.9. The van der Waals surface area contributed by atoms with Gasteiger partial charge >= 0.3 is 0 Å². The fraction of sp³-hybridized carbons (Fsp3) is 0.211. The second kappa shape index (κ2) is 9.60. The topological polar surface area (TPSA) is 38.3 Å². The Morgan fingerprint density at radius 2 is 1.87 bits per heavy atom. The summed E-state index contributed by atoms with van der Waals surface area (Å²) in [6.45, 7) is 0.358. The normalized spacial score (nSPS) is 9.61. The van der Waals surface area contributed by atoms with Crippen LogP contribution in [0, 0.1) is 11.8 Å². The number of carbonyl (C=O) groups is 1. The van der Waals surface area contributed by atoms with Gasteiger partial charge in [-0.15, -0.1) is 11.8 Å². The number of ether oxygens (including phenoxy) is 1. The van der Waals surface area contributed by atoms with Crippen LogP contribution in [0.25, 0.3) is 0 Å². The first kappa shape index (κ1) is 17.0. The Morgan fingerprint density at radius 1 is 1.13 bits per heavy atom. The highest BCUT2D eigenvalue weighted by Gasteiger charge is 2.00. The van der Waals surface area contributed by atoms with Gasteiger partial charge in [0.1, 0.15) is 5.75 Å². The molecule has 0 aromatic heterocycles. The van der Waals surface area contributed by atoms with E-state index in [1.807, 2.05) is 42.5 Å². The average Bonchev–Trinajstić information content (AvgIpc) is 2.60. The van der Waals surface area contributed by atoms with Gasteiger partial charge in [-0.25, -0.2) is 0 Å². The lowest BCUT2D eigenvalue weighted by Gasteiger charge is -2.02. The van der Waals surface area contributed by atoms with Crippen molar-refractivity contribution in [2.75, 3.05) is 19.4 Å². The van der Waals surface area contributed by atoms with Crippen LogP contribution in [0.1, 0.15) is 11.1 Å². The highest BCUT2D eigenvalue weighted by atomic mass is 32.2. The van der Waals surface area contributed by atoms with Crippen LogP contribution in [0.4, 0.5) is 0 Å². The largest absolute Gasteiger partial charge is 0.497 e. The highest BCUT2D eigenvalue weighted by molar-refractivity contribution is 7.99. The lowest BCUT2D eigenvalue weighted by molar-refractivity contribution is -0.118. The first-order chi connectivity index (χ1) is 11.3. The Morgan fingerprint density at radius 3 is 2.57 bits per heavy atom. The van der Waals surface area contributed by atoms with Crippen LogP contribution in [0.2, 0.25) is 0 Å². The molecule has 0 saturated carbocycles. The van der Waals surface area contributed by atoms with E-state index in [-0.39, 0.29) is 5.91 Å². The number of methoxy groups -OCH3 is 1. The molecule has 2 aromatic rings. The second-order valence-corrected chi connectivity index (χ2v) is 5.77. The molecule has 0 heterocycles. The van der Waals surface area contributed by atoms with Gasteiger partial charge in [0.2, 0.25) is 5.91 Å². The number of nitrogens with one attached hydrogen (secondary N) is 1. The van der Waals surface area contributed by atoms with Crippen molar-refractivity contribution in [3.63, 3.8) is 0 Å². The summed E-state index contributed by atoms with van der Waals surface area (Å²) in [5, 5.41) is 2.80. The molecule has 0 atom stereocenters. The number of benzene rings is 2. The minimum Gasteiger partial charge on any atom is -0.497 e. The van der Waals surface area contributed by atoms with E-state index in [0.717, 1.165) is 17.1 Å². The summed E-state index contributed by atoms with van der Waals surface area (Å²) >= 11 is 1.60. The van der Waals surface area contributed by atoms with Gasteiger partial charge in [0.15, 0.2) is 0 Å². The van der Waals surface area contributed by atoms with Gasteiger partial charge in [-0.2, -0.15) is 0 Å². The zero-order chi connectivity index (χ0) is 16.3. The third-order valence-electron chi connectivity index (χ3n) is 3.04. The molecule has 1 N–H and O–H groups in total. The van der Waals surface area contributed by atoms with Crippen LogP contribution in [-0.4, -0.2) is 25.3 Å². The molecule has 0 saturated heterocycles. The summed E-state index contributed by atoms with van der Waals surface area (Å²) in [5.41, 5.74) is 2.13. The summed E-state index contributed by atoms with van der Waals surface area (Å²) in [5.74, 6) is 8.05. The number of thioether (sulfide) groups is 1. The third-order valence-corrected chi connectivity index (χ3v) is 4.05. The molecule has 118 valence electrons. The number of hydrogen-bond acceptors (Lipinski definition) is 3. The van der Waals surface area contributed by atoms with Gasteiger partial charge in [-0.05, 0) is 29.8 Å². The molecule has 0 bridgehead atoms. The first-order valence-corrected chi connectivity index (χ1v) is 8.44. The Labute approximate surface area is 141 Å². The monoisotopic (exact) mass is 325 g/mol. The smallest absolute Gasteiger partial charge is 0.230 e. The molecule has 1 amide bonds. The lowest BCUT2D eigenvalue weighted by atomic mass is 10.2. The Hall–Kier alpha value is -2.38. The van der Waals surface area contributed by atoms with Crippen molar-refractivity contribution in [1.29, 1.82) is 0 Å². The SMILES string of the molecule is COc1ccc(C#CCNC(=O)CSCc2ccccc2)cc1. The molecule has 4 heteroatoms. The van der Waals surface area contributed by atoms with Gasteiger partial charge in [0, 0.05) is 11.3 Å². The molecular formula is C19H19NO2S. The minimum absolute atomic E-state index is 0.00922. The predicted octanol–water partition coefficient (Wildman–Crippen LogP) is 3.10. The molecule has 0 spiro atoms. The van der Waals surface area contributed by atoms with Crippen LogP contribution < -0.4 is 10.1 Å². The predicted molar refractivity (Wildman–Crippen MR) is 95.5 cm³/mol. The van der Waals surface area contributed by atoms with Crippen molar-refractivity contribution in [3.8, 4) is 17.6 Å². The van der Waals surface area contributed by atoms with Crippen molar-refractivity contribution in [1.82, 2.24) is 5.32 Å². The summed E-state index contributed by atoms with van der Waals surface area (Å²) in [6, 6.07) is 17.6. The molecule has 0 aliphatic heterocycles. The van der Waals surface area contributed by atoms with Crippen LogP contribution in [0.3, 0.4) is 0 Å². The molecular weight excluding hydrogens is 306 g/mol. The van der Waals surface area contributed by atoms with Gasteiger partial charge in [-0.1, -0.05) is 42.2 Å². The quantitative estimate of drug-likeness (QED) is 0.830. The molecule has 2 rings (SSSR count). The first-order valence-electron chi connectivity index (χ1n) is 7.29. The Kier molecular flexibility index (Phi) is 7.09. The molecule has 23 heavy (non-hydrogen) atoms. The summed E-state index contributed by atoms with van der Waals surface area (Å²) in [6.07, 6.45) is 0. The van der Waals surface area contributed by atoms with Crippen LogP contribution >= 0.6 is 11.8 Å². The molecule has 0 aliphatic rings. The zero-order valence-electron chi connectivity index (χ0n) is 13.0. The van der Waals surface area contributed by atoms with Crippen molar-refractivity contribution in [2.45, 2.75) is 5.75 Å². The van der Waals surface area contributed by atoms with Crippen molar-refractivity contribution in [3.05, 3.63) is 65.7 Å². The number of amides is 1.